The van der Waals surface area contributed by atoms with Crippen LogP contribution in [0.4, 0.5) is 0 Å². The van der Waals surface area contributed by atoms with Gasteiger partial charge < -0.3 is 4.90 Å². The molecule has 0 aromatic heterocycles. The van der Waals surface area contributed by atoms with Gasteiger partial charge in [0.1, 0.15) is 0 Å². The molecule has 0 aliphatic carbocycles. The Labute approximate surface area is 165 Å². The predicted molar refractivity (Wildman–Crippen MR) is 108 cm³/mol. The van der Waals surface area contributed by atoms with Crippen molar-refractivity contribution >= 4 is 33.4 Å². The zero-order valence-electron chi connectivity index (χ0n) is 14.5. The molecule has 2 aromatic rings. The van der Waals surface area contributed by atoms with Crippen LogP contribution in [-0.2, 0) is 10.0 Å². The zero-order valence-corrected chi connectivity index (χ0v) is 16.9. The largest absolute Gasteiger partial charge is 0.302 e. The summed E-state index contributed by atoms with van der Waals surface area (Å²) in [5.41, 5.74) is 0. The lowest BCUT2D eigenvalue weighted by molar-refractivity contribution is 0.218. The summed E-state index contributed by atoms with van der Waals surface area (Å²) in [4.78, 5) is 3.96. The molecule has 0 bridgehead atoms. The number of halogens is 1. The van der Waals surface area contributed by atoms with E-state index in [1.807, 2.05) is 42.1 Å². The molecule has 0 unspecified atom stereocenters. The minimum Gasteiger partial charge on any atom is -0.302 e. The van der Waals surface area contributed by atoms with Crippen molar-refractivity contribution in [3.05, 3.63) is 59.6 Å². The van der Waals surface area contributed by atoms with Crippen LogP contribution in [0.25, 0.3) is 0 Å². The van der Waals surface area contributed by atoms with Gasteiger partial charge in [-0.2, -0.15) is 0 Å². The average molecular weight is 411 g/mol. The van der Waals surface area contributed by atoms with Crippen molar-refractivity contribution in [2.24, 2.45) is 0 Å². The first-order chi connectivity index (χ1) is 12.5. The summed E-state index contributed by atoms with van der Waals surface area (Å²) in [6, 6.07) is 16.5. The van der Waals surface area contributed by atoms with E-state index in [1.165, 1.54) is 4.90 Å². The first-order valence-electron chi connectivity index (χ1n) is 8.71. The minimum atomic E-state index is -3.42. The molecule has 1 heterocycles. The number of nitrogens with one attached hydrogen (secondary N) is 1. The first-order valence-corrected chi connectivity index (χ1v) is 11.6. The first kappa shape index (κ1) is 19.7. The van der Waals surface area contributed by atoms with Crippen LogP contribution in [0, 0.1) is 0 Å². The number of thioether (sulfide) groups is 1. The van der Waals surface area contributed by atoms with Crippen LogP contribution in [0.5, 0.6) is 0 Å². The number of sulfonamides is 1. The van der Waals surface area contributed by atoms with Gasteiger partial charge in [-0.1, -0.05) is 29.8 Å². The molecule has 1 N–H and O–H groups in total. The van der Waals surface area contributed by atoms with Gasteiger partial charge in [0.15, 0.2) is 0 Å². The van der Waals surface area contributed by atoms with E-state index in [9.17, 15) is 8.42 Å². The predicted octanol–water partition coefficient (Wildman–Crippen LogP) is 3.88. The van der Waals surface area contributed by atoms with E-state index in [0.29, 0.717) is 4.90 Å². The third-order valence-electron chi connectivity index (χ3n) is 4.45. The standard InChI is InChI=1S/C19H23ClN2O2S2/c20-16-6-8-18(9-7-16)25-15-14-22-12-10-17(11-13-22)21-26(23,24)19-4-2-1-3-5-19/h1-9,17,21H,10-15H2. The Bertz CT molecular complexity index is 790. The number of rotatable bonds is 7. The molecule has 2 aromatic carbocycles. The third-order valence-corrected chi connectivity index (χ3v) is 7.23. The van der Waals surface area contributed by atoms with Crippen molar-refractivity contribution in [3.8, 4) is 0 Å². The van der Waals surface area contributed by atoms with Crippen molar-refractivity contribution in [3.63, 3.8) is 0 Å². The van der Waals surface area contributed by atoms with E-state index in [2.05, 4.69) is 9.62 Å². The molecule has 0 amide bonds. The maximum absolute atomic E-state index is 12.4. The molecule has 1 aliphatic heterocycles. The zero-order chi connectivity index (χ0) is 18.4. The molecule has 140 valence electrons. The highest BCUT2D eigenvalue weighted by atomic mass is 35.5. The second-order valence-electron chi connectivity index (χ2n) is 6.35. The quantitative estimate of drug-likeness (QED) is 0.704. The highest BCUT2D eigenvalue weighted by Crippen LogP contribution is 2.21. The normalized spacial score (nSPS) is 16.7. The van der Waals surface area contributed by atoms with Crippen molar-refractivity contribution in [2.75, 3.05) is 25.4 Å². The Balaban J connectivity index is 1.41. The number of hydrogen-bond donors (Lipinski definition) is 1. The van der Waals surface area contributed by atoms with E-state index in [0.717, 1.165) is 43.3 Å². The van der Waals surface area contributed by atoms with Crippen LogP contribution in [0.15, 0.2) is 64.4 Å². The second-order valence-corrected chi connectivity index (χ2v) is 9.67. The smallest absolute Gasteiger partial charge is 0.240 e. The average Bonchev–Trinajstić information content (AvgIpc) is 2.65. The lowest BCUT2D eigenvalue weighted by Crippen LogP contribution is -2.45. The van der Waals surface area contributed by atoms with Gasteiger partial charge in [-0.3, -0.25) is 0 Å². The molecule has 1 saturated heterocycles. The molecule has 26 heavy (non-hydrogen) atoms. The molecule has 1 fully saturated rings. The van der Waals surface area contributed by atoms with Gasteiger partial charge in [0.05, 0.1) is 4.90 Å². The maximum Gasteiger partial charge on any atom is 0.240 e. The molecule has 0 atom stereocenters. The summed E-state index contributed by atoms with van der Waals surface area (Å²) in [5, 5.41) is 0.759. The van der Waals surface area contributed by atoms with Crippen molar-refractivity contribution < 1.29 is 8.42 Å². The maximum atomic E-state index is 12.4. The van der Waals surface area contributed by atoms with Gasteiger partial charge in [0.25, 0.3) is 0 Å². The third kappa shape index (κ3) is 5.72. The Kier molecular flexibility index (Phi) is 7.00. The van der Waals surface area contributed by atoms with Gasteiger partial charge in [-0.25, -0.2) is 13.1 Å². The number of benzene rings is 2. The number of nitrogens with zero attached hydrogens (tertiary/aromatic N) is 1. The highest BCUT2D eigenvalue weighted by molar-refractivity contribution is 7.99. The monoisotopic (exact) mass is 410 g/mol. The van der Waals surface area contributed by atoms with Crippen LogP contribution >= 0.6 is 23.4 Å². The fourth-order valence-electron chi connectivity index (χ4n) is 2.98. The van der Waals surface area contributed by atoms with Gasteiger partial charge >= 0.3 is 0 Å². The molecular weight excluding hydrogens is 388 g/mol. The van der Waals surface area contributed by atoms with Crippen molar-refractivity contribution in [2.45, 2.75) is 28.7 Å². The van der Waals surface area contributed by atoms with Gasteiger partial charge in [-0.15, -0.1) is 11.8 Å². The Hall–Kier alpha value is -1.05. The summed E-state index contributed by atoms with van der Waals surface area (Å²) >= 11 is 7.72. The summed E-state index contributed by atoms with van der Waals surface area (Å²) in [5.74, 6) is 1.02. The lowest BCUT2D eigenvalue weighted by Gasteiger charge is -2.32. The molecule has 0 saturated carbocycles. The topological polar surface area (TPSA) is 49.4 Å². The van der Waals surface area contributed by atoms with Gasteiger partial charge in [0.2, 0.25) is 10.0 Å². The second kappa shape index (κ2) is 9.24. The van der Waals surface area contributed by atoms with Crippen LogP contribution < -0.4 is 4.72 Å². The number of hydrogen-bond acceptors (Lipinski definition) is 4. The molecule has 3 rings (SSSR count). The summed E-state index contributed by atoms with van der Waals surface area (Å²) in [7, 11) is -3.42. The minimum absolute atomic E-state index is 0.0142. The summed E-state index contributed by atoms with van der Waals surface area (Å²) < 4.78 is 27.6. The van der Waals surface area contributed by atoms with E-state index in [4.69, 9.17) is 11.6 Å². The van der Waals surface area contributed by atoms with E-state index < -0.39 is 10.0 Å². The number of piperidine rings is 1. The summed E-state index contributed by atoms with van der Waals surface area (Å²) in [6.45, 7) is 2.84. The van der Waals surface area contributed by atoms with Crippen LogP contribution in [-0.4, -0.2) is 44.7 Å². The number of likely N-dealkylation sites (tertiary alicyclic amines) is 1. The SMILES string of the molecule is O=S(=O)(NC1CCN(CCSc2ccc(Cl)cc2)CC1)c1ccccc1. The van der Waals surface area contributed by atoms with Crippen molar-refractivity contribution in [1.82, 2.24) is 9.62 Å². The highest BCUT2D eigenvalue weighted by Gasteiger charge is 2.24. The Morgan fingerprint density at radius 2 is 1.69 bits per heavy atom. The summed E-state index contributed by atoms with van der Waals surface area (Å²) in [6.07, 6.45) is 1.69. The van der Waals surface area contributed by atoms with Crippen LogP contribution in [0.3, 0.4) is 0 Å². The van der Waals surface area contributed by atoms with Gasteiger partial charge in [0, 0.05) is 28.3 Å². The molecule has 1 aliphatic rings. The van der Waals surface area contributed by atoms with Crippen LogP contribution in [0.2, 0.25) is 5.02 Å². The molecular formula is C19H23ClN2O2S2. The molecule has 0 spiro atoms. The molecule has 7 heteroatoms. The Morgan fingerprint density at radius 1 is 1.04 bits per heavy atom. The Morgan fingerprint density at radius 3 is 2.35 bits per heavy atom. The van der Waals surface area contributed by atoms with Gasteiger partial charge in [-0.05, 0) is 62.3 Å². The van der Waals surface area contributed by atoms with Crippen molar-refractivity contribution in [1.29, 1.82) is 0 Å². The lowest BCUT2D eigenvalue weighted by atomic mass is 10.1. The van der Waals surface area contributed by atoms with E-state index in [-0.39, 0.29) is 6.04 Å². The molecule has 0 radical (unpaired) electrons. The molecule has 4 nitrogen and oxygen atoms in total. The fraction of sp³-hybridized carbons (Fsp3) is 0.368. The van der Waals surface area contributed by atoms with E-state index >= 15 is 0 Å². The fourth-order valence-corrected chi connectivity index (χ4v) is 5.35. The van der Waals surface area contributed by atoms with Crippen LogP contribution in [0.1, 0.15) is 12.8 Å². The van der Waals surface area contributed by atoms with E-state index in [1.54, 1.807) is 24.3 Å².